The van der Waals surface area contributed by atoms with Crippen molar-refractivity contribution in [3.8, 4) is 0 Å². The fraction of sp³-hybridized carbons (Fsp3) is 0.125. The number of benzene rings is 3. The van der Waals surface area contributed by atoms with Gasteiger partial charge in [-0.2, -0.15) is 0 Å². The average Bonchev–Trinajstić information content (AvgIpc) is 3.36. The lowest BCUT2D eigenvalue weighted by molar-refractivity contribution is -0.121. The molecule has 28 heavy (non-hydrogen) atoms. The van der Waals surface area contributed by atoms with Gasteiger partial charge in [-0.25, -0.2) is 0 Å². The van der Waals surface area contributed by atoms with Crippen LogP contribution in [0.3, 0.4) is 0 Å². The molecule has 0 spiro atoms. The molecule has 3 aromatic carbocycles. The van der Waals surface area contributed by atoms with Crippen LogP contribution >= 0.6 is 11.8 Å². The Kier molecular flexibility index (Phi) is 4.41. The maximum absolute atomic E-state index is 13.1. The number of hydrogen-bond donors (Lipinski definition) is 1. The summed E-state index contributed by atoms with van der Waals surface area (Å²) in [4.78, 5) is 14.3. The number of thioether (sulfide) groups is 1. The number of amides is 1. The molecule has 3 nitrogen and oxygen atoms in total. The van der Waals surface area contributed by atoms with Crippen LogP contribution in [0.5, 0.6) is 0 Å². The molecule has 0 radical (unpaired) electrons. The highest BCUT2D eigenvalue weighted by Gasteiger charge is 2.30. The van der Waals surface area contributed by atoms with Crippen molar-refractivity contribution in [2.45, 2.75) is 22.6 Å². The van der Waals surface area contributed by atoms with Gasteiger partial charge in [-0.3, -0.25) is 4.79 Å². The quantitative estimate of drug-likeness (QED) is 0.514. The Morgan fingerprint density at radius 1 is 0.964 bits per heavy atom. The summed E-state index contributed by atoms with van der Waals surface area (Å²) in [5.41, 5.74) is 3.08. The molecule has 2 atom stereocenters. The molecule has 0 saturated carbocycles. The Morgan fingerprint density at radius 3 is 2.54 bits per heavy atom. The maximum Gasteiger partial charge on any atom is 0.234 e. The SMILES string of the molecule is O=C(N[C@H](c1ccccc1)c1cc2ccccc2o1)[C@H]1Cc2ccccc2S1. The Hall–Kier alpha value is -2.98. The Bertz CT molecular complexity index is 1080. The highest BCUT2D eigenvalue weighted by molar-refractivity contribution is 8.01. The second-order valence-electron chi connectivity index (χ2n) is 6.96. The second kappa shape index (κ2) is 7.21. The minimum Gasteiger partial charge on any atom is -0.459 e. The molecule has 4 heteroatoms. The van der Waals surface area contributed by atoms with Crippen molar-refractivity contribution in [3.63, 3.8) is 0 Å². The summed E-state index contributed by atoms with van der Waals surface area (Å²) in [5.74, 6) is 0.789. The van der Waals surface area contributed by atoms with Crippen LogP contribution < -0.4 is 5.32 Å². The van der Waals surface area contributed by atoms with Crippen molar-refractivity contribution in [1.29, 1.82) is 0 Å². The van der Waals surface area contributed by atoms with Crippen LogP contribution in [-0.4, -0.2) is 11.2 Å². The van der Waals surface area contributed by atoms with Gasteiger partial charge in [0.05, 0.1) is 5.25 Å². The number of hydrogen-bond acceptors (Lipinski definition) is 3. The topological polar surface area (TPSA) is 42.2 Å². The molecule has 1 amide bonds. The van der Waals surface area contributed by atoms with Crippen LogP contribution in [0.15, 0.2) is 94.2 Å². The monoisotopic (exact) mass is 385 g/mol. The van der Waals surface area contributed by atoms with Crippen LogP contribution in [0.1, 0.15) is 22.9 Å². The van der Waals surface area contributed by atoms with Gasteiger partial charge in [-0.15, -0.1) is 11.8 Å². The molecule has 0 fully saturated rings. The summed E-state index contributed by atoms with van der Waals surface area (Å²) in [6.07, 6.45) is 0.758. The van der Waals surface area contributed by atoms with E-state index in [4.69, 9.17) is 4.42 Å². The van der Waals surface area contributed by atoms with E-state index in [1.165, 1.54) is 10.5 Å². The zero-order valence-electron chi connectivity index (χ0n) is 15.2. The van der Waals surface area contributed by atoms with Crippen LogP contribution in [0, 0.1) is 0 Å². The van der Waals surface area contributed by atoms with Crippen molar-refractivity contribution >= 4 is 28.6 Å². The number of rotatable bonds is 4. The lowest BCUT2D eigenvalue weighted by Crippen LogP contribution is -2.35. The van der Waals surface area contributed by atoms with Crippen LogP contribution in [0.2, 0.25) is 0 Å². The first-order valence-electron chi connectivity index (χ1n) is 9.36. The number of nitrogens with one attached hydrogen (secondary N) is 1. The summed E-state index contributed by atoms with van der Waals surface area (Å²) < 4.78 is 6.09. The standard InChI is InChI=1S/C24H19NO2S/c26-24(22-15-18-11-5-7-13-21(18)28-22)25-23(16-8-2-1-3-9-16)20-14-17-10-4-6-12-19(17)27-20/h1-14,22-23H,15H2,(H,25,26)/t22-,23-/m1/s1. The normalized spacial score (nSPS) is 16.6. The molecule has 2 heterocycles. The molecule has 0 bridgehead atoms. The first kappa shape index (κ1) is 17.1. The van der Waals surface area contributed by atoms with Crippen LogP contribution in [0.25, 0.3) is 11.0 Å². The van der Waals surface area contributed by atoms with E-state index in [9.17, 15) is 4.79 Å². The fourth-order valence-corrected chi connectivity index (χ4v) is 4.88. The summed E-state index contributed by atoms with van der Waals surface area (Å²) in [5, 5.41) is 4.15. The summed E-state index contributed by atoms with van der Waals surface area (Å²) >= 11 is 1.64. The van der Waals surface area contributed by atoms with E-state index >= 15 is 0 Å². The van der Waals surface area contributed by atoms with E-state index in [2.05, 4.69) is 17.4 Å². The van der Waals surface area contributed by atoms with E-state index in [0.29, 0.717) is 0 Å². The van der Waals surface area contributed by atoms with Crippen molar-refractivity contribution < 1.29 is 9.21 Å². The van der Waals surface area contributed by atoms with E-state index in [1.807, 2.05) is 72.8 Å². The van der Waals surface area contributed by atoms with E-state index in [0.717, 1.165) is 28.7 Å². The minimum absolute atomic E-state index is 0.0375. The fourth-order valence-electron chi connectivity index (χ4n) is 3.67. The number of furan rings is 1. The van der Waals surface area contributed by atoms with Gasteiger partial charge < -0.3 is 9.73 Å². The van der Waals surface area contributed by atoms with Crippen molar-refractivity contribution in [1.82, 2.24) is 5.32 Å². The third-order valence-electron chi connectivity index (χ3n) is 5.09. The summed E-state index contributed by atoms with van der Waals surface area (Å²) in [6, 6.07) is 27.8. The molecule has 5 rings (SSSR count). The van der Waals surface area contributed by atoms with Gasteiger partial charge in [0.25, 0.3) is 0 Å². The molecule has 1 aliphatic rings. The minimum atomic E-state index is -0.314. The third kappa shape index (κ3) is 3.20. The largest absolute Gasteiger partial charge is 0.459 e. The molecule has 1 aliphatic heterocycles. The Morgan fingerprint density at radius 2 is 1.71 bits per heavy atom. The molecule has 0 aliphatic carbocycles. The van der Waals surface area contributed by atoms with Gasteiger partial charge in [-0.1, -0.05) is 66.7 Å². The smallest absolute Gasteiger partial charge is 0.234 e. The van der Waals surface area contributed by atoms with Crippen molar-refractivity contribution in [2.24, 2.45) is 0 Å². The molecule has 0 saturated heterocycles. The Balaban J connectivity index is 1.45. The zero-order valence-corrected chi connectivity index (χ0v) is 16.0. The van der Waals surface area contributed by atoms with Gasteiger partial charge in [0.15, 0.2) is 0 Å². The van der Waals surface area contributed by atoms with Gasteiger partial charge in [0, 0.05) is 10.3 Å². The zero-order chi connectivity index (χ0) is 18.9. The number of carbonyl (C=O) groups excluding carboxylic acids is 1. The van der Waals surface area contributed by atoms with Gasteiger partial charge in [0.2, 0.25) is 5.91 Å². The molecule has 1 aromatic heterocycles. The summed E-state index contributed by atoms with van der Waals surface area (Å²) in [6.45, 7) is 0. The first-order valence-corrected chi connectivity index (χ1v) is 10.2. The van der Waals surface area contributed by atoms with Crippen LogP contribution in [0.4, 0.5) is 0 Å². The third-order valence-corrected chi connectivity index (χ3v) is 6.41. The Labute approximate surface area is 167 Å². The molecular formula is C24H19NO2S. The van der Waals surface area contributed by atoms with E-state index in [1.54, 1.807) is 11.8 Å². The van der Waals surface area contributed by atoms with Crippen molar-refractivity contribution in [3.05, 3.63) is 102 Å². The van der Waals surface area contributed by atoms with E-state index < -0.39 is 0 Å². The predicted octanol–water partition coefficient (Wildman–Crippen LogP) is 5.36. The first-order chi connectivity index (χ1) is 13.8. The average molecular weight is 385 g/mol. The lowest BCUT2D eigenvalue weighted by atomic mass is 10.0. The second-order valence-corrected chi connectivity index (χ2v) is 8.20. The molecule has 4 aromatic rings. The maximum atomic E-state index is 13.1. The summed E-state index contributed by atoms with van der Waals surface area (Å²) in [7, 11) is 0. The highest BCUT2D eigenvalue weighted by atomic mass is 32.2. The molecule has 1 N–H and O–H groups in total. The molecular weight excluding hydrogens is 366 g/mol. The van der Waals surface area contributed by atoms with Gasteiger partial charge in [-0.05, 0) is 35.7 Å². The lowest BCUT2D eigenvalue weighted by Gasteiger charge is -2.19. The number of para-hydroxylation sites is 1. The van der Waals surface area contributed by atoms with Gasteiger partial charge in [0.1, 0.15) is 17.4 Å². The van der Waals surface area contributed by atoms with Gasteiger partial charge >= 0.3 is 0 Å². The van der Waals surface area contributed by atoms with E-state index in [-0.39, 0.29) is 17.2 Å². The molecule has 138 valence electrons. The van der Waals surface area contributed by atoms with Crippen molar-refractivity contribution in [2.75, 3.05) is 0 Å². The van der Waals surface area contributed by atoms with Crippen LogP contribution in [-0.2, 0) is 11.2 Å². The number of fused-ring (bicyclic) bond motifs is 2. The predicted molar refractivity (Wildman–Crippen MR) is 112 cm³/mol. The highest BCUT2D eigenvalue weighted by Crippen LogP contribution is 2.37. The number of carbonyl (C=O) groups is 1. The molecule has 0 unspecified atom stereocenters.